The smallest absolute Gasteiger partial charge is 0.263 e. The van der Waals surface area contributed by atoms with E-state index in [1.807, 2.05) is 0 Å². The molecule has 1 aromatic rings. The first kappa shape index (κ1) is 13.3. The number of carbonyl (C=O) groups is 2. The lowest BCUT2D eigenvalue weighted by Crippen LogP contribution is -2.53. The van der Waals surface area contributed by atoms with Crippen LogP contribution in [0.3, 0.4) is 0 Å². The fourth-order valence-electron chi connectivity index (χ4n) is 1.91. The molecule has 0 radical (unpaired) electrons. The molecule has 2 heterocycles. The van der Waals surface area contributed by atoms with E-state index >= 15 is 0 Å². The second kappa shape index (κ2) is 4.87. The lowest BCUT2D eigenvalue weighted by Gasteiger charge is -2.35. The summed E-state index contributed by atoms with van der Waals surface area (Å²) in [6.45, 7) is 0.627. The standard InChI is InChI=1S/C11H13ClN2O3S/c12-8-2-1-7(18-8)9(15)14-5-3-11(17,4-6-14)10(13)16/h1-2,17H,3-6H2,(H2,13,16). The zero-order valence-corrected chi connectivity index (χ0v) is 11.1. The molecule has 98 valence electrons. The Balaban J connectivity index is 2.02. The minimum atomic E-state index is -1.48. The van der Waals surface area contributed by atoms with E-state index in [0.29, 0.717) is 22.3 Å². The van der Waals surface area contributed by atoms with Gasteiger partial charge in [-0.25, -0.2) is 0 Å². The highest BCUT2D eigenvalue weighted by Gasteiger charge is 2.39. The molecule has 1 aromatic heterocycles. The number of nitrogens with zero attached hydrogens (tertiary/aromatic N) is 1. The summed E-state index contributed by atoms with van der Waals surface area (Å²) in [5.74, 6) is -0.854. The van der Waals surface area contributed by atoms with E-state index in [4.69, 9.17) is 17.3 Å². The van der Waals surface area contributed by atoms with Gasteiger partial charge >= 0.3 is 0 Å². The Labute approximate surface area is 113 Å². The molecule has 1 saturated heterocycles. The molecule has 1 aliphatic heterocycles. The summed E-state index contributed by atoms with van der Waals surface area (Å²) in [6, 6.07) is 3.34. The van der Waals surface area contributed by atoms with Gasteiger partial charge in [-0.05, 0) is 12.1 Å². The molecule has 0 aliphatic carbocycles. The number of hydrogen-bond acceptors (Lipinski definition) is 4. The van der Waals surface area contributed by atoms with Crippen LogP contribution in [0, 0.1) is 0 Å². The summed E-state index contributed by atoms with van der Waals surface area (Å²) >= 11 is 6.99. The topological polar surface area (TPSA) is 83.6 Å². The molecule has 1 aliphatic rings. The lowest BCUT2D eigenvalue weighted by atomic mass is 9.91. The molecule has 2 rings (SSSR count). The van der Waals surface area contributed by atoms with Gasteiger partial charge < -0.3 is 15.7 Å². The third-order valence-corrected chi connectivity index (χ3v) is 4.34. The Morgan fingerprint density at radius 1 is 1.39 bits per heavy atom. The molecule has 0 spiro atoms. The van der Waals surface area contributed by atoms with Crippen molar-refractivity contribution in [3.8, 4) is 0 Å². The van der Waals surface area contributed by atoms with Crippen molar-refractivity contribution in [1.29, 1.82) is 0 Å². The molecule has 1 fully saturated rings. The van der Waals surface area contributed by atoms with E-state index in [2.05, 4.69) is 0 Å². The maximum Gasteiger partial charge on any atom is 0.263 e. The Bertz CT molecular complexity index is 480. The van der Waals surface area contributed by atoms with Gasteiger partial charge in [-0.3, -0.25) is 9.59 Å². The van der Waals surface area contributed by atoms with E-state index in [-0.39, 0.29) is 18.7 Å². The third-order valence-electron chi connectivity index (χ3n) is 3.12. The summed E-state index contributed by atoms with van der Waals surface area (Å²) < 4.78 is 0.559. The van der Waals surface area contributed by atoms with Crippen molar-refractivity contribution in [2.45, 2.75) is 18.4 Å². The number of carbonyl (C=O) groups excluding carboxylic acids is 2. The fraction of sp³-hybridized carbons (Fsp3) is 0.455. The highest BCUT2D eigenvalue weighted by molar-refractivity contribution is 7.17. The second-order valence-electron chi connectivity index (χ2n) is 4.29. The Morgan fingerprint density at radius 3 is 2.44 bits per heavy atom. The van der Waals surface area contributed by atoms with E-state index in [9.17, 15) is 14.7 Å². The summed E-state index contributed by atoms with van der Waals surface area (Å²) in [6.07, 6.45) is 0.348. The van der Waals surface area contributed by atoms with E-state index in [0.717, 1.165) is 0 Å². The summed E-state index contributed by atoms with van der Waals surface area (Å²) in [7, 11) is 0. The van der Waals surface area contributed by atoms with Crippen molar-refractivity contribution >= 4 is 34.8 Å². The number of amides is 2. The zero-order chi connectivity index (χ0) is 13.3. The molecule has 5 nitrogen and oxygen atoms in total. The van der Waals surface area contributed by atoms with Crippen molar-refractivity contribution in [2.24, 2.45) is 5.73 Å². The predicted octanol–water partition coefficient (Wildman–Crippen LogP) is 0.854. The first-order chi connectivity index (χ1) is 8.42. The minimum Gasteiger partial charge on any atom is -0.380 e. The number of hydrogen-bond donors (Lipinski definition) is 2. The van der Waals surface area contributed by atoms with Crippen molar-refractivity contribution < 1.29 is 14.7 Å². The van der Waals surface area contributed by atoms with Gasteiger partial charge in [0, 0.05) is 25.9 Å². The number of piperidine rings is 1. The molecule has 7 heteroatoms. The van der Waals surface area contributed by atoms with Crippen LogP contribution in [0.25, 0.3) is 0 Å². The Hall–Kier alpha value is -1.11. The van der Waals surface area contributed by atoms with Gasteiger partial charge in [0.25, 0.3) is 5.91 Å². The highest BCUT2D eigenvalue weighted by atomic mass is 35.5. The molecule has 0 bridgehead atoms. The van der Waals surface area contributed by atoms with Crippen molar-refractivity contribution in [1.82, 2.24) is 4.90 Å². The average Bonchev–Trinajstić information content (AvgIpc) is 2.76. The maximum atomic E-state index is 12.1. The molecule has 0 atom stereocenters. The van der Waals surface area contributed by atoms with Gasteiger partial charge in [0.1, 0.15) is 5.60 Å². The van der Waals surface area contributed by atoms with Crippen LogP contribution in [0.2, 0.25) is 4.34 Å². The van der Waals surface area contributed by atoms with Gasteiger partial charge in [0.15, 0.2) is 0 Å². The van der Waals surface area contributed by atoms with Gasteiger partial charge in [0.05, 0.1) is 9.21 Å². The number of likely N-dealkylation sites (tertiary alicyclic amines) is 1. The van der Waals surface area contributed by atoms with Gasteiger partial charge in [-0.1, -0.05) is 11.6 Å². The molecular weight excluding hydrogens is 276 g/mol. The van der Waals surface area contributed by atoms with Crippen LogP contribution in [0.5, 0.6) is 0 Å². The molecule has 3 N–H and O–H groups in total. The molecule has 0 aromatic carbocycles. The van der Waals surface area contributed by atoms with Crippen molar-refractivity contribution in [3.05, 3.63) is 21.3 Å². The fourth-order valence-corrected chi connectivity index (χ4v) is 2.92. The van der Waals surface area contributed by atoms with Crippen LogP contribution in [0.1, 0.15) is 22.5 Å². The predicted molar refractivity (Wildman–Crippen MR) is 68.6 cm³/mol. The molecule has 2 amide bonds. The van der Waals surface area contributed by atoms with Crippen LogP contribution < -0.4 is 5.73 Å². The van der Waals surface area contributed by atoms with Crippen molar-refractivity contribution in [2.75, 3.05) is 13.1 Å². The number of thiophene rings is 1. The molecule has 18 heavy (non-hydrogen) atoms. The monoisotopic (exact) mass is 288 g/mol. The quantitative estimate of drug-likeness (QED) is 0.846. The average molecular weight is 289 g/mol. The molecule has 0 saturated carbocycles. The SMILES string of the molecule is NC(=O)C1(O)CCN(C(=O)c2ccc(Cl)s2)CC1. The number of halogens is 1. The van der Waals surface area contributed by atoms with E-state index in [1.54, 1.807) is 17.0 Å². The maximum absolute atomic E-state index is 12.1. The normalized spacial score (nSPS) is 18.7. The molecular formula is C11H13ClN2O3S. The van der Waals surface area contributed by atoms with Crippen molar-refractivity contribution in [3.63, 3.8) is 0 Å². The highest BCUT2D eigenvalue weighted by Crippen LogP contribution is 2.26. The van der Waals surface area contributed by atoms with Gasteiger partial charge in [0.2, 0.25) is 5.91 Å². The lowest BCUT2D eigenvalue weighted by molar-refractivity contribution is -0.140. The zero-order valence-electron chi connectivity index (χ0n) is 9.56. The second-order valence-corrected chi connectivity index (χ2v) is 6.01. The summed E-state index contributed by atoms with van der Waals surface area (Å²) in [4.78, 5) is 25.3. The van der Waals surface area contributed by atoms with E-state index < -0.39 is 11.5 Å². The first-order valence-corrected chi connectivity index (χ1v) is 6.69. The van der Waals surface area contributed by atoms with Crippen LogP contribution in [-0.2, 0) is 4.79 Å². The largest absolute Gasteiger partial charge is 0.380 e. The Kier molecular flexibility index (Phi) is 3.61. The number of aliphatic hydroxyl groups is 1. The van der Waals surface area contributed by atoms with E-state index in [1.165, 1.54) is 11.3 Å². The molecule has 0 unspecified atom stereocenters. The minimum absolute atomic E-state index is 0.126. The Morgan fingerprint density at radius 2 is 2.00 bits per heavy atom. The number of rotatable bonds is 2. The number of primary amides is 1. The first-order valence-electron chi connectivity index (χ1n) is 5.49. The van der Waals surface area contributed by atoms with Gasteiger partial charge in [-0.15, -0.1) is 11.3 Å². The number of nitrogens with two attached hydrogens (primary N) is 1. The van der Waals surface area contributed by atoms with Crippen LogP contribution in [-0.4, -0.2) is 40.5 Å². The third kappa shape index (κ3) is 2.50. The van der Waals surface area contributed by atoms with Gasteiger partial charge in [-0.2, -0.15) is 0 Å². The summed E-state index contributed by atoms with van der Waals surface area (Å²) in [5.41, 5.74) is 3.65. The van der Waals surface area contributed by atoms with Crippen LogP contribution in [0.4, 0.5) is 0 Å². The summed E-state index contributed by atoms with van der Waals surface area (Å²) in [5, 5.41) is 9.89. The van der Waals surface area contributed by atoms with Crippen LogP contribution in [0.15, 0.2) is 12.1 Å². The van der Waals surface area contributed by atoms with Crippen LogP contribution >= 0.6 is 22.9 Å².